The van der Waals surface area contributed by atoms with E-state index in [0.717, 1.165) is 16.8 Å². The van der Waals surface area contributed by atoms with Crippen LogP contribution in [0.5, 0.6) is 0 Å². The van der Waals surface area contributed by atoms with Crippen molar-refractivity contribution in [2.75, 3.05) is 5.32 Å². The highest BCUT2D eigenvalue weighted by atomic mass is 35.5. The first-order valence-electron chi connectivity index (χ1n) is 12.9. The fourth-order valence-electron chi connectivity index (χ4n) is 4.91. The summed E-state index contributed by atoms with van der Waals surface area (Å²) in [5.74, 6) is 0.670. The molecule has 5 heterocycles. The number of aryl methyl sites for hydroxylation is 1. The number of imidazole rings is 1. The van der Waals surface area contributed by atoms with E-state index in [2.05, 4.69) is 35.8 Å². The molecule has 0 radical (unpaired) electrons. The van der Waals surface area contributed by atoms with Crippen molar-refractivity contribution in [3.05, 3.63) is 88.1 Å². The van der Waals surface area contributed by atoms with E-state index >= 15 is 0 Å². The lowest BCUT2D eigenvalue weighted by atomic mass is 10.0. The number of hydrogen-bond acceptors (Lipinski definition) is 8. The van der Waals surface area contributed by atoms with E-state index < -0.39 is 11.7 Å². The molecular weight excluding hydrogens is 546 g/mol. The van der Waals surface area contributed by atoms with Crippen LogP contribution in [0.15, 0.2) is 66.0 Å². The number of amides is 1. The summed E-state index contributed by atoms with van der Waals surface area (Å²) in [4.78, 5) is 37.8. The quantitative estimate of drug-likeness (QED) is 0.305. The number of hydrogen-bond donors (Lipinski definition) is 2. The Kier molecular flexibility index (Phi) is 6.62. The molecule has 0 saturated heterocycles. The van der Waals surface area contributed by atoms with Crippen molar-refractivity contribution in [1.29, 1.82) is 0 Å². The zero-order valence-corrected chi connectivity index (χ0v) is 23.3. The molecule has 1 amide bonds. The molecular formula is C28H26ClN9O3. The number of H-pyrrole nitrogens is 1. The molecule has 0 bridgehead atoms. The van der Waals surface area contributed by atoms with Gasteiger partial charge >= 0.3 is 6.09 Å². The number of tetrazole rings is 1. The number of benzene rings is 1. The lowest BCUT2D eigenvalue weighted by molar-refractivity contribution is 0.0636. The number of fused-ring (bicyclic) bond motifs is 1. The number of carbonyl (C=O) groups excluding carboxylic acids is 1. The van der Waals surface area contributed by atoms with Crippen LogP contribution in [0, 0.1) is 0 Å². The number of halogens is 1. The van der Waals surface area contributed by atoms with Gasteiger partial charge in [-0.15, -0.1) is 5.10 Å². The molecule has 0 fully saturated rings. The second-order valence-corrected chi connectivity index (χ2v) is 11.1. The minimum atomic E-state index is -0.597. The molecule has 5 aromatic rings. The van der Waals surface area contributed by atoms with Crippen molar-refractivity contribution in [3.63, 3.8) is 0 Å². The molecule has 0 aliphatic carbocycles. The Hall–Kier alpha value is -4.84. The molecule has 41 heavy (non-hydrogen) atoms. The molecule has 1 atom stereocenters. The zero-order valence-electron chi connectivity index (χ0n) is 22.5. The molecule has 12 nitrogen and oxygen atoms in total. The van der Waals surface area contributed by atoms with Crippen LogP contribution in [0.3, 0.4) is 0 Å². The van der Waals surface area contributed by atoms with Crippen molar-refractivity contribution in [2.24, 2.45) is 0 Å². The van der Waals surface area contributed by atoms with Crippen LogP contribution >= 0.6 is 11.6 Å². The number of nitrogens with zero attached hydrogens (tertiary/aromatic N) is 7. The molecule has 1 aliphatic rings. The molecule has 13 heteroatoms. The largest absolute Gasteiger partial charge is 0.444 e. The third-order valence-electron chi connectivity index (χ3n) is 6.59. The van der Waals surface area contributed by atoms with Crippen molar-refractivity contribution in [1.82, 2.24) is 39.7 Å². The molecule has 2 N–H and O–H groups in total. The van der Waals surface area contributed by atoms with Crippen molar-refractivity contribution >= 4 is 23.4 Å². The average molecular weight is 572 g/mol. The number of aromatic amines is 1. The van der Waals surface area contributed by atoms with E-state index in [1.165, 1.54) is 11.0 Å². The van der Waals surface area contributed by atoms with E-state index in [9.17, 15) is 9.59 Å². The van der Waals surface area contributed by atoms with E-state index in [-0.39, 0.29) is 11.6 Å². The number of rotatable bonds is 5. The van der Waals surface area contributed by atoms with Crippen LogP contribution in [0.1, 0.15) is 44.8 Å². The lowest BCUT2D eigenvalue weighted by Gasteiger charge is -2.19. The molecule has 1 aromatic carbocycles. The Morgan fingerprint density at radius 1 is 1.12 bits per heavy atom. The van der Waals surface area contributed by atoms with Crippen LogP contribution in [0.4, 0.5) is 10.5 Å². The third kappa shape index (κ3) is 5.46. The minimum Gasteiger partial charge on any atom is -0.444 e. The average Bonchev–Trinajstić information content (AvgIpc) is 3.69. The smallest absolute Gasteiger partial charge is 0.412 e. The topological polar surface area (TPSA) is 146 Å². The van der Waals surface area contributed by atoms with Gasteiger partial charge in [-0.1, -0.05) is 11.6 Å². The lowest BCUT2D eigenvalue weighted by Crippen LogP contribution is -2.27. The summed E-state index contributed by atoms with van der Waals surface area (Å²) in [7, 11) is 0. The fraction of sp³-hybridized carbons (Fsp3) is 0.250. The highest BCUT2D eigenvalue weighted by Crippen LogP contribution is 2.34. The zero-order chi connectivity index (χ0) is 28.7. The summed E-state index contributed by atoms with van der Waals surface area (Å²) in [6.07, 6.45) is 5.61. The van der Waals surface area contributed by atoms with Gasteiger partial charge in [0.2, 0.25) is 0 Å². The number of anilines is 1. The van der Waals surface area contributed by atoms with E-state index in [1.807, 2.05) is 12.1 Å². The van der Waals surface area contributed by atoms with Gasteiger partial charge in [-0.2, -0.15) is 4.68 Å². The Bertz CT molecular complexity index is 1790. The van der Waals surface area contributed by atoms with Gasteiger partial charge in [0, 0.05) is 22.3 Å². The highest BCUT2D eigenvalue weighted by Gasteiger charge is 2.28. The van der Waals surface area contributed by atoms with E-state index in [4.69, 9.17) is 16.3 Å². The van der Waals surface area contributed by atoms with Crippen molar-refractivity contribution in [3.8, 4) is 28.2 Å². The Labute approximate surface area is 239 Å². The molecule has 208 valence electrons. The van der Waals surface area contributed by atoms with Gasteiger partial charge < -0.3 is 14.3 Å². The van der Waals surface area contributed by atoms with Crippen molar-refractivity contribution in [2.45, 2.75) is 45.3 Å². The normalized spacial score (nSPS) is 14.6. The van der Waals surface area contributed by atoms with Gasteiger partial charge in [-0.3, -0.25) is 15.1 Å². The number of ether oxygens (including phenoxy) is 1. The first-order valence-corrected chi connectivity index (χ1v) is 13.3. The highest BCUT2D eigenvalue weighted by molar-refractivity contribution is 6.31. The van der Waals surface area contributed by atoms with Gasteiger partial charge in [0.05, 0.1) is 41.2 Å². The first-order chi connectivity index (χ1) is 19.6. The van der Waals surface area contributed by atoms with Gasteiger partial charge in [-0.25, -0.2) is 9.78 Å². The Balaban J connectivity index is 1.24. The predicted octanol–water partition coefficient (Wildman–Crippen LogP) is 4.81. The van der Waals surface area contributed by atoms with Gasteiger partial charge in [-0.05, 0) is 86.0 Å². The van der Waals surface area contributed by atoms with Crippen LogP contribution < -0.4 is 10.9 Å². The molecule has 1 aliphatic heterocycles. The van der Waals surface area contributed by atoms with Crippen LogP contribution in [0.2, 0.25) is 5.02 Å². The minimum absolute atomic E-state index is 0.142. The Morgan fingerprint density at radius 3 is 2.71 bits per heavy atom. The third-order valence-corrected chi connectivity index (χ3v) is 6.83. The SMILES string of the molecule is CC(C)(C)OC(=O)Nc1ccc(-c2cnc(C3CCc4cc(-c5cc(Cl)ccc5-n5cnnn5)cc(=O)n43)[nH]2)nc1. The summed E-state index contributed by atoms with van der Waals surface area (Å²) in [5, 5.41) is 14.7. The van der Waals surface area contributed by atoms with Crippen molar-refractivity contribution < 1.29 is 9.53 Å². The van der Waals surface area contributed by atoms with Crippen LogP contribution in [-0.4, -0.2) is 51.4 Å². The summed E-state index contributed by atoms with van der Waals surface area (Å²) in [5.41, 5.74) is 4.23. The maximum Gasteiger partial charge on any atom is 0.412 e. The van der Waals surface area contributed by atoms with Gasteiger partial charge in [0.1, 0.15) is 17.8 Å². The van der Waals surface area contributed by atoms with Gasteiger partial charge in [0.25, 0.3) is 5.56 Å². The maximum atomic E-state index is 13.4. The summed E-state index contributed by atoms with van der Waals surface area (Å²) in [6, 6.07) is 12.3. The predicted molar refractivity (Wildman–Crippen MR) is 152 cm³/mol. The van der Waals surface area contributed by atoms with E-state index in [0.29, 0.717) is 46.5 Å². The molecule has 1 unspecified atom stereocenters. The molecule has 0 spiro atoms. The summed E-state index contributed by atoms with van der Waals surface area (Å²) < 4.78 is 8.59. The van der Waals surface area contributed by atoms with Crippen LogP contribution in [0.25, 0.3) is 28.2 Å². The standard InChI is InChI=1S/C28H26ClN9O3/c1-28(2,3)41-27(40)33-18-5-7-21(30-13-18)22-14-31-26(34-22)24-9-6-19-10-16(11-25(39)38(19)24)20-12-17(29)4-8-23(20)37-15-32-35-36-37/h4-5,7-8,10-15,24H,6,9H2,1-3H3,(H,31,34)(H,33,40). The monoisotopic (exact) mass is 571 g/mol. The second-order valence-electron chi connectivity index (χ2n) is 10.7. The maximum absolute atomic E-state index is 13.4. The fourth-order valence-corrected chi connectivity index (χ4v) is 5.08. The summed E-state index contributed by atoms with van der Waals surface area (Å²) in [6.45, 7) is 5.40. The summed E-state index contributed by atoms with van der Waals surface area (Å²) >= 11 is 6.31. The molecule has 0 saturated carbocycles. The van der Waals surface area contributed by atoms with Crippen LogP contribution in [-0.2, 0) is 11.2 Å². The molecule has 4 aromatic heterocycles. The molecule has 6 rings (SSSR count). The second kappa shape index (κ2) is 10.3. The number of aromatic nitrogens is 8. The first kappa shape index (κ1) is 26.4. The van der Waals surface area contributed by atoms with E-state index in [1.54, 1.807) is 68.1 Å². The Morgan fingerprint density at radius 2 is 1.98 bits per heavy atom. The van der Waals surface area contributed by atoms with Gasteiger partial charge in [0.15, 0.2) is 0 Å². The number of nitrogens with one attached hydrogen (secondary N) is 2. The number of carbonyl (C=O) groups is 1. The number of pyridine rings is 2.